The van der Waals surface area contributed by atoms with Crippen molar-refractivity contribution >= 4 is 39.5 Å². The van der Waals surface area contributed by atoms with Crippen LogP contribution in [0.25, 0.3) is 11.1 Å². The molecule has 6 nitrogen and oxygen atoms in total. The topological polar surface area (TPSA) is 76.4 Å². The number of aliphatic hydroxyl groups excluding tert-OH is 1. The highest BCUT2D eigenvalue weighted by Gasteiger charge is 2.34. The first kappa shape index (κ1) is 28.0. The number of hydrogen-bond donors (Lipinski definition) is 2. The van der Waals surface area contributed by atoms with E-state index in [1.165, 1.54) is 16.7 Å². The SMILES string of the molecule is CNS(=O)C1CC(c2ccc(-c3ccc(C#CCn4ccnc4C(C)OPI)cc3)cc2)C1.CO. The van der Waals surface area contributed by atoms with E-state index >= 15 is 0 Å². The van der Waals surface area contributed by atoms with Crippen molar-refractivity contribution < 1.29 is 13.8 Å². The van der Waals surface area contributed by atoms with Gasteiger partial charge >= 0.3 is 0 Å². The summed E-state index contributed by atoms with van der Waals surface area (Å²) in [5.74, 6) is 7.91. The van der Waals surface area contributed by atoms with Crippen LogP contribution in [0.1, 0.15) is 48.7 Å². The number of aromatic nitrogens is 2. The van der Waals surface area contributed by atoms with Crippen LogP contribution in [-0.2, 0) is 22.1 Å². The van der Waals surface area contributed by atoms with Crippen molar-refractivity contribution in [1.29, 1.82) is 0 Å². The summed E-state index contributed by atoms with van der Waals surface area (Å²) in [6.07, 6.45) is 5.68. The maximum Gasteiger partial charge on any atom is 0.138 e. The lowest BCUT2D eigenvalue weighted by Gasteiger charge is -2.34. The molecule has 1 aromatic heterocycles. The molecular formula is C26H31IN3O3PS. The van der Waals surface area contributed by atoms with Crippen LogP contribution in [-0.4, -0.2) is 38.3 Å². The zero-order valence-electron chi connectivity index (χ0n) is 20.1. The van der Waals surface area contributed by atoms with Gasteiger partial charge in [-0.05, 0) is 83.6 Å². The molecule has 1 aliphatic carbocycles. The van der Waals surface area contributed by atoms with Crippen LogP contribution in [0.2, 0.25) is 0 Å². The Bertz CT molecular complexity index is 1150. The average molecular weight is 623 g/mol. The molecule has 1 heterocycles. The molecule has 3 unspecified atom stereocenters. The van der Waals surface area contributed by atoms with Crippen LogP contribution >= 0.6 is 28.5 Å². The zero-order chi connectivity index (χ0) is 25.2. The third-order valence-corrected chi connectivity index (χ3v) is 8.61. The molecule has 2 N–H and O–H groups in total. The lowest BCUT2D eigenvalue weighted by Crippen LogP contribution is -2.36. The Balaban J connectivity index is 0.00000167. The van der Waals surface area contributed by atoms with Gasteiger partial charge in [0.05, 0.1) is 29.2 Å². The normalized spacial score (nSPS) is 18.7. The van der Waals surface area contributed by atoms with E-state index in [1.54, 1.807) is 13.2 Å². The molecule has 0 saturated heterocycles. The monoisotopic (exact) mass is 623 g/mol. The maximum absolute atomic E-state index is 11.8. The molecule has 35 heavy (non-hydrogen) atoms. The third kappa shape index (κ3) is 7.45. The number of aliphatic hydroxyl groups is 1. The van der Waals surface area contributed by atoms with Gasteiger partial charge in [-0.15, -0.1) is 0 Å². The van der Waals surface area contributed by atoms with Gasteiger partial charge in [0.2, 0.25) is 0 Å². The minimum absolute atomic E-state index is 0.0363. The smallest absolute Gasteiger partial charge is 0.138 e. The first-order valence-electron chi connectivity index (χ1n) is 11.3. The highest BCUT2D eigenvalue weighted by molar-refractivity contribution is 14.2. The molecule has 3 atom stereocenters. The second-order valence-electron chi connectivity index (χ2n) is 8.04. The van der Waals surface area contributed by atoms with Crippen LogP contribution in [0, 0.1) is 11.8 Å². The quantitative estimate of drug-likeness (QED) is 0.201. The Kier molecular flexibility index (Phi) is 11.4. The van der Waals surface area contributed by atoms with E-state index in [1.807, 2.05) is 17.7 Å². The van der Waals surface area contributed by atoms with Crippen LogP contribution in [0.5, 0.6) is 0 Å². The number of rotatable bonds is 8. The fourth-order valence-electron chi connectivity index (χ4n) is 4.03. The Morgan fingerprint density at radius 3 is 2.43 bits per heavy atom. The number of nitrogens with one attached hydrogen (secondary N) is 1. The van der Waals surface area contributed by atoms with Crippen LogP contribution in [0.3, 0.4) is 0 Å². The van der Waals surface area contributed by atoms with E-state index in [4.69, 9.17) is 9.63 Å². The van der Waals surface area contributed by atoms with Crippen molar-refractivity contribution in [3.05, 3.63) is 77.9 Å². The van der Waals surface area contributed by atoms with Gasteiger partial charge < -0.3 is 14.2 Å². The predicted octanol–water partition coefficient (Wildman–Crippen LogP) is 5.36. The van der Waals surface area contributed by atoms with E-state index in [9.17, 15) is 4.21 Å². The second-order valence-corrected chi connectivity index (χ2v) is 11.4. The van der Waals surface area contributed by atoms with Crippen molar-refractivity contribution in [3.63, 3.8) is 0 Å². The minimum atomic E-state index is -0.903. The van der Waals surface area contributed by atoms with E-state index in [0.29, 0.717) is 18.9 Å². The maximum atomic E-state index is 11.8. The van der Waals surface area contributed by atoms with Gasteiger partial charge in [0.15, 0.2) is 0 Å². The Labute approximate surface area is 225 Å². The van der Waals surface area contributed by atoms with Crippen molar-refractivity contribution in [1.82, 2.24) is 14.3 Å². The fraction of sp³-hybridized carbons (Fsp3) is 0.346. The van der Waals surface area contributed by atoms with Gasteiger partial charge in [-0.25, -0.2) is 13.9 Å². The van der Waals surface area contributed by atoms with Crippen LogP contribution in [0.15, 0.2) is 60.9 Å². The third-order valence-electron chi connectivity index (χ3n) is 6.01. The van der Waals surface area contributed by atoms with Crippen molar-refractivity contribution in [2.75, 3.05) is 14.2 Å². The molecule has 1 fully saturated rings. The van der Waals surface area contributed by atoms with Crippen molar-refractivity contribution in [2.45, 2.75) is 43.6 Å². The van der Waals surface area contributed by atoms with Gasteiger partial charge in [-0.3, -0.25) is 0 Å². The first-order chi connectivity index (χ1) is 17.1. The van der Waals surface area contributed by atoms with E-state index < -0.39 is 11.0 Å². The summed E-state index contributed by atoms with van der Waals surface area (Å²) in [4.78, 5) is 4.40. The summed E-state index contributed by atoms with van der Waals surface area (Å²) in [5.41, 5.74) is 4.70. The van der Waals surface area contributed by atoms with Crippen LogP contribution in [0.4, 0.5) is 0 Å². The Hall–Kier alpha value is -1.60. The molecule has 0 amide bonds. The largest absolute Gasteiger partial charge is 0.400 e. The number of benzene rings is 2. The molecular weight excluding hydrogens is 592 g/mol. The summed E-state index contributed by atoms with van der Waals surface area (Å²) < 4.78 is 22.4. The zero-order valence-corrected chi connectivity index (χ0v) is 24.0. The lowest BCUT2D eigenvalue weighted by atomic mass is 9.79. The molecule has 0 radical (unpaired) electrons. The highest BCUT2D eigenvalue weighted by Crippen LogP contribution is 2.39. The minimum Gasteiger partial charge on any atom is -0.400 e. The number of halogens is 1. The number of hydrogen-bond acceptors (Lipinski definition) is 4. The summed E-state index contributed by atoms with van der Waals surface area (Å²) >= 11 is 2.22. The summed E-state index contributed by atoms with van der Waals surface area (Å²) in [7, 11) is 1.86. The average Bonchev–Trinajstić information content (AvgIpc) is 3.34. The van der Waals surface area contributed by atoms with E-state index in [0.717, 1.165) is 31.3 Å². The summed E-state index contributed by atoms with van der Waals surface area (Å²) in [6, 6.07) is 17.1. The van der Waals surface area contributed by atoms with E-state index in [-0.39, 0.29) is 11.4 Å². The summed E-state index contributed by atoms with van der Waals surface area (Å²) in [5, 5.41) is 7.28. The Morgan fingerprint density at radius 2 is 1.83 bits per heavy atom. The molecule has 186 valence electrons. The first-order valence-corrected chi connectivity index (χ1v) is 16.6. The van der Waals surface area contributed by atoms with Crippen molar-refractivity contribution in [2.24, 2.45) is 0 Å². The number of nitrogens with zero attached hydrogens (tertiary/aromatic N) is 2. The molecule has 1 saturated carbocycles. The predicted molar refractivity (Wildman–Crippen MR) is 154 cm³/mol. The van der Waals surface area contributed by atoms with Crippen molar-refractivity contribution in [3.8, 4) is 23.0 Å². The molecule has 0 bridgehead atoms. The van der Waals surface area contributed by atoms with E-state index in [2.05, 4.69) is 92.1 Å². The van der Waals surface area contributed by atoms with Crippen LogP contribution < -0.4 is 4.72 Å². The Morgan fingerprint density at radius 1 is 1.20 bits per heavy atom. The second kappa shape index (κ2) is 14.2. The molecule has 4 rings (SSSR count). The molecule has 1 aliphatic rings. The van der Waals surface area contributed by atoms with Gasteiger partial charge in [-0.1, -0.05) is 48.2 Å². The van der Waals surface area contributed by atoms with Gasteiger partial charge in [0.1, 0.15) is 11.9 Å². The fourth-order valence-corrected chi connectivity index (χ4v) is 6.56. The molecule has 0 spiro atoms. The molecule has 0 aliphatic heterocycles. The molecule has 2 aromatic carbocycles. The molecule has 3 aromatic rings. The number of imidazole rings is 1. The lowest BCUT2D eigenvalue weighted by molar-refractivity contribution is 0.251. The van der Waals surface area contributed by atoms with Gasteiger partial charge in [0, 0.05) is 25.1 Å². The van der Waals surface area contributed by atoms with Gasteiger partial charge in [-0.2, -0.15) is 0 Å². The highest BCUT2D eigenvalue weighted by atomic mass is 127. The van der Waals surface area contributed by atoms with Gasteiger partial charge in [0.25, 0.3) is 0 Å². The summed E-state index contributed by atoms with van der Waals surface area (Å²) in [6.45, 7) is 3.00. The molecule has 9 heteroatoms. The standard InChI is InChI=1S/C25H27IN3O2PS.CH4O/c1-18(31-32-26)25-28-13-15-29(25)14-3-4-19-5-7-20(8-6-19)21-9-11-22(12-10-21)23-16-24(17-23)33(30)27-2;1-2/h5-13,15,18,23-24,27,32H,14,16-17H2,1-2H3;2H,1H3.